The van der Waals surface area contributed by atoms with Crippen molar-refractivity contribution in [3.05, 3.63) is 45.4 Å². The molecule has 114 valence electrons. The third-order valence-electron chi connectivity index (χ3n) is 3.69. The smallest absolute Gasteiger partial charge is 0.162 e. The van der Waals surface area contributed by atoms with Crippen molar-refractivity contribution in [2.24, 2.45) is 0 Å². The molecule has 0 aliphatic carbocycles. The molecule has 0 amide bonds. The molecule has 0 bridgehead atoms. The predicted octanol–water partition coefficient (Wildman–Crippen LogP) is 3.96. The minimum Gasteiger partial charge on any atom is -0.493 e. The van der Waals surface area contributed by atoms with Gasteiger partial charge in [0.15, 0.2) is 11.5 Å². The highest BCUT2D eigenvalue weighted by Crippen LogP contribution is 2.40. The Bertz CT molecular complexity index is 661. The van der Waals surface area contributed by atoms with E-state index in [1.165, 1.54) is 7.11 Å². The van der Waals surface area contributed by atoms with E-state index in [0.717, 1.165) is 16.9 Å². The zero-order chi connectivity index (χ0) is 15.7. The Hall–Kier alpha value is -1.65. The summed E-state index contributed by atoms with van der Waals surface area (Å²) in [5.41, 5.74) is 2.22. The van der Waals surface area contributed by atoms with Crippen LogP contribution in [0.1, 0.15) is 34.3 Å². The quantitative estimate of drug-likeness (QED) is 0.928. The largest absolute Gasteiger partial charge is 0.493 e. The monoisotopic (exact) mass is 310 g/mol. The van der Waals surface area contributed by atoms with Crippen molar-refractivity contribution in [1.29, 1.82) is 0 Å². The van der Waals surface area contributed by atoms with Crippen molar-refractivity contribution in [2.45, 2.75) is 26.9 Å². The topological polar surface area (TPSA) is 51.8 Å². The molecule has 0 radical (unpaired) electrons. The van der Waals surface area contributed by atoms with Crippen LogP contribution in [0.5, 0.6) is 11.5 Å². The van der Waals surface area contributed by atoms with Gasteiger partial charge in [-0.1, -0.05) is 11.6 Å². The van der Waals surface area contributed by atoms with Gasteiger partial charge in [-0.05, 0) is 32.4 Å². The zero-order valence-corrected chi connectivity index (χ0v) is 13.5. The highest BCUT2D eigenvalue weighted by molar-refractivity contribution is 6.31. The van der Waals surface area contributed by atoms with Gasteiger partial charge in [0.1, 0.15) is 17.6 Å². The number of halogens is 1. The van der Waals surface area contributed by atoms with E-state index in [9.17, 15) is 5.11 Å². The summed E-state index contributed by atoms with van der Waals surface area (Å²) in [6.45, 7) is 5.61. The fourth-order valence-corrected chi connectivity index (χ4v) is 2.70. The number of aliphatic hydroxyl groups is 1. The van der Waals surface area contributed by atoms with Gasteiger partial charge in [-0.15, -0.1) is 0 Å². The summed E-state index contributed by atoms with van der Waals surface area (Å²) >= 11 is 6.27. The Morgan fingerprint density at radius 3 is 2.10 bits per heavy atom. The van der Waals surface area contributed by atoms with Crippen LogP contribution in [0, 0.1) is 20.8 Å². The van der Waals surface area contributed by atoms with Crippen LogP contribution in [-0.2, 0) is 0 Å². The first kappa shape index (κ1) is 15.7. The lowest BCUT2D eigenvalue weighted by Gasteiger charge is -2.16. The van der Waals surface area contributed by atoms with Crippen molar-refractivity contribution in [3.63, 3.8) is 0 Å². The molecule has 5 heteroatoms. The molecule has 0 spiro atoms. The molecule has 1 unspecified atom stereocenters. The number of ether oxygens (including phenoxy) is 2. The van der Waals surface area contributed by atoms with Gasteiger partial charge in [-0.3, -0.25) is 0 Å². The van der Waals surface area contributed by atoms with E-state index in [1.54, 1.807) is 19.2 Å². The lowest BCUT2D eigenvalue weighted by atomic mass is 9.97. The van der Waals surface area contributed by atoms with Gasteiger partial charge < -0.3 is 19.0 Å². The summed E-state index contributed by atoms with van der Waals surface area (Å²) in [6, 6.07) is 3.32. The van der Waals surface area contributed by atoms with Gasteiger partial charge in [-0.2, -0.15) is 0 Å². The second-order valence-electron chi connectivity index (χ2n) is 4.88. The molecule has 1 atom stereocenters. The molecular formula is C16H19ClO4. The Balaban J connectivity index is 2.55. The molecule has 2 rings (SSSR count). The number of rotatable bonds is 4. The van der Waals surface area contributed by atoms with E-state index in [4.69, 9.17) is 25.5 Å². The van der Waals surface area contributed by atoms with Crippen LogP contribution in [-0.4, -0.2) is 19.3 Å². The van der Waals surface area contributed by atoms with Crippen LogP contribution >= 0.6 is 11.6 Å². The van der Waals surface area contributed by atoms with Gasteiger partial charge in [0.05, 0.1) is 19.2 Å². The fraction of sp³-hybridized carbons (Fsp3) is 0.375. The summed E-state index contributed by atoms with van der Waals surface area (Å²) in [5, 5.41) is 11.1. The number of hydrogen-bond donors (Lipinski definition) is 1. The Kier molecular flexibility index (Phi) is 4.49. The molecule has 0 saturated heterocycles. The van der Waals surface area contributed by atoms with Crippen LogP contribution in [0.2, 0.25) is 5.02 Å². The van der Waals surface area contributed by atoms with Gasteiger partial charge in [0.25, 0.3) is 0 Å². The molecule has 21 heavy (non-hydrogen) atoms. The average molecular weight is 311 g/mol. The van der Waals surface area contributed by atoms with Crippen LogP contribution < -0.4 is 9.47 Å². The first-order valence-electron chi connectivity index (χ1n) is 6.56. The third kappa shape index (κ3) is 2.74. The highest BCUT2D eigenvalue weighted by atomic mass is 35.5. The van der Waals surface area contributed by atoms with Gasteiger partial charge >= 0.3 is 0 Å². The van der Waals surface area contributed by atoms with Crippen LogP contribution in [0.3, 0.4) is 0 Å². The number of aliphatic hydroxyl groups excluding tert-OH is 1. The number of benzene rings is 1. The number of furan rings is 1. The maximum Gasteiger partial charge on any atom is 0.162 e. The molecule has 1 aromatic heterocycles. The lowest BCUT2D eigenvalue weighted by molar-refractivity contribution is 0.216. The molecule has 1 N–H and O–H groups in total. The number of aryl methyl sites for hydroxylation is 2. The molecule has 0 aliphatic heterocycles. The van der Waals surface area contributed by atoms with Crippen molar-refractivity contribution in [3.8, 4) is 11.5 Å². The molecular weight excluding hydrogens is 292 g/mol. The first-order chi connectivity index (χ1) is 9.90. The van der Waals surface area contributed by atoms with Crippen molar-refractivity contribution in [2.75, 3.05) is 14.2 Å². The number of hydrogen-bond acceptors (Lipinski definition) is 4. The van der Waals surface area contributed by atoms with E-state index in [2.05, 4.69) is 0 Å². The van der Waals surface area contributed by atoms with Gasteiger partial charge in [0, 0.05) is 17.2 Å². The van der Waals surface area contributed by atoms with E-state index >= 15 is 0 Å². The minimum atomic E-state index is -0.880. The lowest BCUT2D eigenvalue weighted by Crippen LogP contribution is -2.04. The summed E-state index contributed by atoms with van der Waals surface area (Å²) in [7, 11) is 3.08. The Morgan fingerprint density at radius 2 is 1.62 bits per heavy atom. The maximum atomic E-state index is 10.7. The first-order valence-corrected chi connectivity index (χ1v) is 6.94. The highest BCUT2D eigenvalue weighted by Gasteiger charge is 2.24. The molecule has 1 heterocycles. The minimum absolute atomic E-state index is 0.415. The molecule has 2 aromatic rings. The predicted molar refractivity (Wildman–Crippen MR) is 81.5 cm³/mol. The SMILES string of the molecule is COc1cc(Cl)c(C(O)c2c(C)oc(C)c2C)cc1OC. The van der Waals surface area contributed by atoms with Gasteiger partial charge in [-0.25, -0.2) is 0 Å². The number of methoxy groups -OCH3 is 2. The van der Waals surface area contributed by atoms with Crippen molar-refractivity contribution >= 4 is 11.6 Å². The normalized spacial score (nSPS) is 12.3. The molecule has 1 aromatic carbocycles. The third-order valence-corrected chi connectivity index (χ3v) is 4.02. The van der Waals surface area contributed by atoms with E-state index in [1.807, 2.05) is 20.8 Å². The summed E-state index contributed by atoms with van der Waals surface area (Å²) < 4.78 is 16.0. The molecule has 0 saturated carbocycles. The molecule has 4 nitrogen and oxygen atoms in total. The average Bonchev–Trinajstić information content (AvgIpc) is 2.71. The fourth-order valence-electron chi connectivity index (χ4n) is 2.45. The molecule has 0 aliphatic rings. The van der Waals surface area contributed by atoms with Crippen molar-refractivity contribution in [1.82, 2.24) is 0 Å². The second kappa shape index (κ2) is 6.00. The summed E-state index contributed by atoms with van der Waals surface area (Å²) in [5.74, 6) is 2.52. The van der Waals surface area contributed by atoms with Crippen LogP contribution in [0.15, 0.2) is 16.5 Å². The second-order valence-corrected chi connectivity index (χ2v) is 5.29. The summed E-state index contributed by atoms with van der Waals surface area (Å²) in [6.07, 6.45) is -0.880. The van der Waals surface area contributed by atoms with E-state index < -0.39 is 6.10 Å². The van der Waals surface area contributed by atoms with E-state index in [0.29, 0.717) is 27.8 Å². The standard InChI is InChI=1S/C16H19ClO4/c1-8-9(2)21-10(3)15(8)16(18)11-6-13(19-4)14(20-5)7-12(11)17/h6-7,16,18H,1-5H3. The van der Waals surface area contributed by atoms with Gasteiger partial charge in [0.2, 0.25) is 0 Å². The zero-order valence-electron chi connectivity index (χ0n) is 12.8. The van der Waals surface area contributed by atoms with E-state index in [-0.39, 0.29) is 0 Å². The Morgan fingerprint density at radius 1 is 1.05 bits per heavy atom. The summed E-state index contributed by atoms with van der Waals surface area (Å²) in [4.78, 5) is 0. The Labute approximate surface area is 129 Å². The van der Waals surface area contributed by atoms with Crippen molar-refractivity contribution < 1.29 is 19.0 Å². The maximum absolute atomic E-state index is 10.7. The van der Waals surface area contributed by atoms with Crippen LogP contribution in [0.4, 0.5) is 0 Å². The molecule has 0 fully saturated rings. The van der Waals surface area contributed by atoms with Crippen LogP contribution in [0.25, 0.3) is 0 Å².